The van der Waals surface area contributed by atoms with Gasteiger partial charge in [-0.1, -0.05) is 55.3 Å². The molecule has 1 aromatic heterocycles. The lowest BCUT2D eigenvalue weighted by Gasteiger charge is -2.29. The smallest absolute Gasteiger partial charge is 0.232 e. The number of halogens is 1. The number of thioether (sulfide) groups is 1. The van der Waals surface area contributed by atoms with Gasteiger partial charge >= 0.3 is 0 Å². The van der Waals surface area contributed by atoms with Crippen LogP contribution in [0.1, 0.15) is 38.4 Å². The zero-order valence-corrected chi connectivity index (χ0v) is 18.2. The molecular formula is C20H26ClN5O2S. The molecule has 1 saturated carbocycles. The Morgan fingerprint density at radius 1 is 1.21 bits per heavy atom. The number of anilines is 1. The minimum absolute atomic E-state index is 0.00904. The fraction of sp³-hybridized carbons (Fsp3) is 0.500. The van der Waals surface area contributed by atoms with Gasteiger partial charge in [-0.15, -0.1) is 10.2 Å². The summed E-state index contributed by atoms with van der Waals surface area (Å²) in [7, 11) is 1.79. The first-order valence-electron chi connectivity index (χ1n) is 9.79. The van der Waals surface area contributed by atoms with Gasteiger partial charge in [0.2, 0.25) is 11.8 Å². The van der Waals surface area contributed by atoms with E-state index >= 15 is 0 Å². The SMILES string of the molecule is CC1CCCCC1NC(=O)CSc1nnc(CC(=O)Nc2ccccc2Cl)n1C. The quantitative estimate of drug-likeness (QED) is 0.650. The number of amides is 2. The minimum Gasteiger partial charge on any atom is -0.352 e. The molecule has 0 radical (unpaired) electrons. The van der Waals surface area contributed by atoms with E-state index in [4.69, 9.17) is 11.6 Å². The summed E-state index contributed by atoms with van der Waals surface area (Å²) < 4.78 is 1.74. The van der Waals surface area contributed by atoms with Gasteiger partial charge < -0.3 is 15.2 Å². The number of carbonyl (C=O) groups is 2. The van der Waals surface area contributed by atoms with E-state index in [0.29, 0.717) is 27.6 Å². The molecule has 2 atom stereocenters. The van der Waals surface area contributed by atoms with Crippen LogP contribution >= 0.6 is 23.4 Å². The van der Waals surface area contributed by atoms with Crippen molar-refractivity contribution in [2.75, 3.05) is 11.1 Å². The fourth-order valence-corrected chi connectivity index (χ4v) is 4.36. The van der Waals surface area contributed by atoms with Crippen LogP contribution < -0.4 is 10.6 Å². The van der Waals surface area contributed by atoms with Gasteiger partial charge in [0.25, 0.3) is 0 Å². The van der Waals surface area contributed by atoms with Crippen molar-refractivity contribution in [1.82, 2.24) is 20.1 Å². The second-order valence-corrected chi connectivity index (χ2v) is 8.74. The molecule has 7 nitrogen and oxygen atoms in total. The van der Waals surface area contributed by atoms with Crippen LogP contribution in [0.3, 0.4) is 0 Å². The Balaban J connectivity index is 1.50. The average Bonchev–Trinajstić information content (AvgIpc) is 3.03. The number of hydrogen-bond donors (Lipinski definition) is 2. The van der Waals surface area contributed by atoms with Crippen molar-refractivity contribution in [3.05, 3.63) is 35.1 Å². The van der Waals surface area contributed by atoms with Crippen molar-refractivity contribution in [1.29, 1.82) is 0 Å². The van der Waals surface area contributed by atoms with Crippen molar-refractivity contribution >= 4 is 40.9 Å². The standard InChI is InChI=1S/C20H26ClN5O2S/c1-13-7-3-5-9-15(13)22-19(28)12-29-20-25-24-17(26(20)2)11-18(27)23-16-10-6-4-8-14(16)21/h4,6,8,10,13,15H,3,5,7,9,11-12H2,1-2H3,(H,22,28)(H,23,27). The predicted octanol–water partition coefficient (Wildman–Crippen LogP) is 3.44. The van der Waals surface area contributed by atoms with Crippen LogP contribution in [0.5, 0.6) is 0 Å². The number of carbonyl (C=O) groups excluding carboxylic acids is 2. The molecule has 0 spiro atoms. The zero-order chi connectivity index (χ0) is 20.8. The van der Waals surface area contributed by atoms with Gasteiger partial charge in [-0.25, -0.2) is 0 Å². The number of benzene rings is 1. The highest BCUT2D eigenvalue weighted by molar-refractivity contribution is 7.99. The summed E-state index contributed by atoms with van der Waals surface area (Å²) in [5.74, 6) is 1.11. The van der Waals surface area contributed by atoms with Crippen molar-refractivity contribution in [2.24, 2.45) is 13.0 Å². The van der Waals surface area contributed by atoms with E-state index in [2.05, 4.69) is 27.8 Å². The molecular weight excluding hydrogens is 410 g/mol. The number of hydrogen-bond acceptors (Lipinski definition) is 5. The lowest BCUT2D eigenvalue weighted by Crippen LogP contribution is -2.41. The summed E-state index contributed by atoms with van der Waals surface area (Å²) in [5, 5.41) is 15.2. The Hall–Kier alpha value is -2.06. The molecule has 1 aromatic carbocycles. The highest BCUT2D eigenvalue weighted by Gasteiger charge is 2.23. The second kappa shape index (κ2) is 10.1. The van der Waals surface area contributed by atoms with E-state index in [1.807, 2.05) is 0 Å². The third-order valence-corrected chi connectivity index (χ3v) is 6.53. The van der Waals surface area contributed by atoms with E-state index in [9.17, 15) is 9.59 Å². The van der Waals surface area contributed by atoms with Gasteiger partial charge in [-0.05, 0) is 30.9 Å². The van der Waals surface area contributed by atoms with Gasteiger partial charge in [0.1, 0.15) is 5.82 Å². The van der Waals surface area contributed by atoms with Crippen LogP contribution in [-0.2, 0) is 23.1 Å². The van der Waals surface area contributed by atoms with Crippen molar-refractivity contribution in [2.45, 2.75) is 50.2 Å². The van der Waals surface area contributed by atoms with Gasteiger partial charge in [0, 0.05) is 13.1 Å². The third-order valence-electron chi connectivity index (χ3n) is 5.18. The van der Waals surface area contributed by atoms with E-state index in [1.54, 1.807) is 35.9 Å². The summed E-state index contributed by atoms with van der Waals surface area (Å²) in [4.78, 5) is 24.6. The molecule has 2 unspecified atom stereocenters. The average molecular weight is 436 g/mol. The van der Waals surface area contributed by atoms with Crippen LogP contribution in [0.15, 0.2) is 29.4 Å². The Kier molecular flexibility index (Phi) is 7.55. The van der Waals surface area contributed by atoms with E-state index in [0.717, 1.165) is 6.42 Å². The molecule has 3 rings (SSSR count). The molecule has 2 amide bonds. The summed E-state index contributed by atoms with van der Waals surface area (Å²) >= 11 is 7.39. The highest BCUT2D eigenvalue weighted by atomic mass is 35.5. The van der Waals surface area contributed by atoms with Gasteiger partial charge in [-0.2, -0.15) is 0 Å². The van der Waals surface area contributed by atoms with Gasteiger partial charge in [0.05, 0.1) is 22.9 Å². The normalized spacial score (nSPS) is 19.0. The number of nitrogens with zero attached hydrogens (tertiary/aromatic N) is 3. The molecule has 9 heteroatoms. The molecule has 0 bridgehead atoms. The lowest BCUT2D eigenvalue weighted by molar-refractivity contribution is -0.120. The first-order chi connectivity index (χ1) is 13.9. The van der Waals surface area contributed by atoms with Crippen molar-refractivity contribution < 1.29 is 9.59 Å². The third kappa shape index (κ3) is 5.96. The van der Waals surface area contributed by atoms with Gasteiger partial charge in [-0.3, -0.25) is 9.59 Å². The highest BCUT2D eigenvalue weighted by Crippen LogP contribution is 2.24. The molecule has 0 aliphatic heterocycles. The Morgan fingerprint density at radius 3 is 2.72 bits per heavy atom. The number of nitrogens with one attached hydrogen (secondary N) is 2. The first kappa shape index (κ1) is 21.6. The Bertz CT molecular complexity index is 872. The lowest BCUT2D eigenvalue weighted by atomic mass is 9.86. The maximum Gasteiger partial charge on any atom is 0.232 e. The van der Waals surface area contributed by atoms with Crippen LogP contribution in [0.25, 0.3) is 0 Å². The Morgan fingerprint density at radius 2 is 1.97 bits per heavy atom. The summed E-state index contributed by atoms with van der Waals surface area (Å²) in [6.45, 7) is 2.19. The van der Waals surface area contributed by atoms with Gasteiger partial charge in [0.15, 0.2) is 5.16 Å². The van der Waals surface area contributed by atoms with Crippen LogP contribution in [0.4, 0.5) is 5.69 Å². The molecule has 1 fully saturated rings. The molecule has 29 heavy (non-hydrogen) atoms. The summed E-state index contributed by atoms with van der Waals surface area (Å²) in [6, 6.07) is 7.32. The second-order valence-electron chi connectivity index (χ2n) is 7.39. The topological polar surface area (TPSA) is 88.9 Å². The fourth-order valence-electron chi connectivity index (χ4n) is 3.43. The van der Waals surface area contributed by atoms with Crippen LogP contribution in [0.2, 0.25) is 5.02 Å². The number of para-hydroxylation sites is 1. The van der Waals surface area contributed by atoms with Crippen LogP contribution in [0, 0.1) is 5.92 Å². The molecule has 1 heterocycles. The molecule has 2 N–H and O–H groups in total. The molecule has 1 aliphatic carbocycles. The molecule has 156 valence electrons. The zero-order valence-electron chi connectivity index (χ0n) is 16.7. The molecule has 1 aliphatic rings. The van der Waals surface area contributed by atoms with E-state index in [-0.39, 0.29) is 30.0 Å². The Labute approximate surface area is 180 Å². The van der Waals surface area contributed by atoms with E-state index < -0.39 is 0 Å². The maximum atomic E-state index is 12.3. The predicted molar refractivity (Wildman–Crippen MR) is 115 cm³/mol. The summed E-state index contributed by atoms with van der Waals surface area (Å²) in [6.07, 6.45) is 4.70. The maximum absolute atomic E-state index is 12.3. The van der Waals surface area contributed by atoms with Crippen LogP contribution in [-0.4, -0.2) is 38.4 Å². The number of rotatable bonds is 7. The minimum atomic E-state index is -0.228. The molecule has 2 aromatic rings. The van der Waals surface area contributed by atoms with Crippen molar-refractivity contribution in [3.8, 4) is 0 Å². The number of aromatic nitrogens is 3. The largest absolute Gasteiger partial charge is 0.352 e. The molecule has 0 saturated heterocycles. The summed E-state index contributed by atoms with van der Waals surface area (Å²) in [5.41, 5.74) is 0.560. The monoisotopic (exact) mass is 435 g/mol. The van der Waals surface area contributed by atoms with E-state index in [1.165, 1.54) is 31.0 Å². The van der Waals surface area contributed by atoms with Crippen molar-refractivity contribution in [3.63, 3.8) is 0 Å². The first-order valence-corrected chi connectivity index (χ1v) is 11.1.